The summed E-state index contributed by atoms with van der Waals surface area (Å²) < 4.78 is 0. The van der Waals surface area contributed by atoms with E-state index in [0.717, 1.165) is 26.1 Å². The van der Waals surface area contributed by atoms with Gasteiger partial charge >= 0.3 is 6.03 Å². The number of nitro benzene ring substituents is 1. The second-order valence-electron chi connectivity index (χ2n) is 5.18. The predicted octanol–water partition coefficient (Wildman–Crippen LogP) is 2.15. The Morgan fingerprint density at radius 3 is 2.95 bits per heavy atom. The van der Waals surface area contributed by atoms with Gasteiger partial charge in [-0.2, -0.15) is 0 Å². The van der Waals surface area contributed by atoms with E-state index in [0.29, 0.717) is 5.69 Å². The molecule has 7 heteroatoms. The third kappa shape index (κ3) is 3.69. The molecular weight excluding hydrogens is 272 g/mol. The van der Waals surface area contributed by atoms with Crippen LogP contribution in [0.3, 0.4) is 0 Å². The number of carbonyl (C=O) groups excluding carboxylic acids is 1. The summed E-state index contributed by atoms with van der Waals surface area (Å²) >= 11 is 0. The fourth-order valence-electron chi connectivity index (χ4n) is 2.49. The number of urea groups is 1. The molecular formula is C14H20N4O3. The van der Waals surface area contributed by atoms with Gasteiger partial charge in [-0.15, -0.1) is 0 Å². The normalized spacial score (nSPS) is 18.5. The Morgan fingerprint density at radius 2 is 2.33 bits per heavy atom. The summed E-state index contributed by atoms with van der Waals surface area (Å²) in [5.74, 6) is 0. The zero-order chi connectivity index (χ0) is 15.4. The van der Waals surface area contributed by atoms with E-state index in [9.17, 15) is 14.9 Å². The number of likely N-dealkylation sites (tertiary alicyclic amines) is 1. The van der Waals surface area contributed by atoms with E-state index in [1.807, 2.05) is 0 Å². The Hall–Kier alpha value is -2.15. The molecule has 1 saturated heterocycles. The average molecular weight is 292 g/mol. The monoisotopic (exact) mass is 292 g/mol. The first kappa shape index (κ1) is 15.2. The molecule has 0 bridgehead atoms. The van der Waals surface area contributed by atoms with Crippen molar-refractivity contribution in [3.63, 3.8) is 0 Å². The quantitative estimate of drug-likeness (QED) is 0.681. The van der Waals surface area contributed by atoms with Crippen molar-refractivity contribution < 1.29 is 9.72 Å². The Bertz CT molecular complexity index is 535. The summed E-state index contributed by atoms with van der Waals surface area (Å²) in [4.78, 5) is 26.4. The SMILES string of the molecule is CCN1CCC(N(C)C(=O)Nc2cccc([N+](=O)[O-])c2)C1. The van der Waals surface area contributed by atoms with Gasteiger partial charge in [0, 0.05) is 44.0 Å². The minimum atomic E-state index is -0.477. The van der Waals surface area contributed by atoms with E-state index >= 15 is 0 Å². The minimum absolute atomic E-state index is 0.0338. The van der Waals surface area contributed by atoms with Gasteiger partial charge < -0.3 is 15.1 Å². The van der Waals surface area contributed by atoms with Gasteiger partial charge in [0.25, 0.3) is 5.69 Å². The van der Waals surface area contributed by atoms with Crippen LogP contribution >= 0.6 is 0 Å². The molecule has 1 aromatic carbocycles. The van der Waals surface area contributed by atoms with E-state index < -0.39 is 4.92 Å². The van der Waals surface area contributed by atoms with Crippen LogP contribution in [0.4, 0.5) is 16.2 Å². The van der Waals surface area contributed by atoms with E-state index in [1.54, 1.807) is 24.1 Å². The molecule has 0 aromatic heterocycles. The molecule has 1 heterocycles. The highest BCUT2D eigenvalue weighted by molar-refractivity contribution is 5.89. The molecule has 1 atom stereocenters. The van der Waals surface area contributed by atoms with Crippen molar-refractivity contribution in [3.8, 4) is 0 Å². The van der Waals surface area contributed by atoms with Gasteiger partial charge in [0.15, 0.2) is 0 Å². The first-order valence-electron chi connectivity index (χ1n) is 7.02. The second kappa shape index (κ2) is 6.53. The number of hydrogen-bond acceptors (Lipinski definition) is 4. The number of amides is 2. The molecule has 21 heavy (non-hydrogen) atoms. The molecule has 114 valence electrons. The van der Waals surface area contributed by atoms with Crippen molar-refractivity contribution in [1.29, 1.82) is 0 Å². The van der Waals surface area contributed by atoms with E-state index in [1.165, 1.54) is 12.1 Å². The van der Waals surface area contributed by atoms with Crippen LogP contribution in [-0.4, -0.2) is 53.5 Å². The zero-order valence-electron chi connectivity index (χ0n) is 12.3. The van der Waals surface area contributed by atoms with Crippen LogP contribution in [0.25, 0.3) is 0 Å². The van der Waals surface area contributed by atoms with Gasteiger partial charge in [-0.25, -0.2) is 4.79 Å². The van der Waals surface area contributed by atoms with Crippen LogP contribution in [0.2, 0.25) is 0 Å². The van der Waals surface area contributed by atoms with Gasteiger partial charge in [-0.05, 0) is 19.0 Å². The molecule has 0 aliphatic carbocycles. The third-order valence-electron chi connectivity index (χ3n) is 3.87. The smallest absolute Gasteiger partial charge is 0.321 e. The van der Waals surface area contributed by atoms with Crippen molar-refractivity contribution in [2.24, 2.45) is 0 Å². The van der Waals surface area contributed by atoms with Crippen molar-refractivity contribution in [3.05, 3.63) is 34.4 Å². The number of carbonyl (C=O) groups is 1. The average Bonchev–Trinajstić information content (AvgIpc) is 2.95. The van der Waals surface area contributed by atoms with E-state index in [-0.39, 0.29) is 17.8 Å². The predicted molar refractivity (Wildman–Crippen MR) is 80.4 cm³/mol. The van der Waals surface area contributed by atoms with Crippen LogP contribution in [0.1, 0.15) is 13.3 Å². The molecule has 1 aliphatic heterocycles. The van der Waals surface area contributed by atoms with Crippen LogP contribution < -0.4 is 5.32 Å². The Morgan fingerprint density at radius 1 is 1.57 bits per heavy atom. The molecule has 0 radical (unpaired) electrons. The van der Waals surface area contributed by atoms with E-state index in [4.69, 9.17) is 0 Å². The zero-order valence-corrected chi connectivity index (χ0v) is 12.3. The standard InChI is InChI=1S/C14H20N4O3/c1-3-17-8-7-13(10-17)16(2)14(19)15-11-5-4-6-12(9-11)18(20)21/h4-6,9,13H,3,7-8,10H2,1-2H3,(H,15,19). The largest absolute Gasteiger partial charge is 0.323 e. The highest BCUT2D eigenvalue weighted by atomic mass is 16.6. The molecule has 2 amide bonds. The number of rotatable bonds is 4. The highest BCUT2D eigenvalue weighted by Gasteiger charge is 2.27. The van der Waals surface area contributed by atoms with Crippen molar-refractivity contribution in [2.75, 3.05) is 32.0 Å². The summed E-state index contributed by atoms with van der Waals surface area (Å²) in [7, 11) is 1.76. The maximum Gasteiger partial charge on any atom is 0.321 e. The maximum absolute atomic E-state index is 12.2. The molecule has 1 aromatic rings. The van der Waals surface area contributed by atoms with Gasteiger partial charge in [0.2, 0.25) is 0 Å². The Kier molecular flexibility index (Phi) is 4.74. The van der Waals surface area contributed by atoms with Crippen molar-refractivity contribution in [1.82, 2.24) is 9.80 Å². The number of nitro groups is 1. The van der Waals surface area contributed by atoms with Crippen LogP contribution in [0, 0.1) is 10.1 Å². The number of nitrogens with one attached hydrogen (secondary N) is 1. The fourth-order valence-corrected chi connectivity index (χ4v) is 2.49. The van der Waals surface area contributed by atoms with Crippen molar-refractivity contribution in [2.45, 2.75) is 19.4 Å². The number of anilines is 1. The summed E-state index contributed by atoms with van der Waals surface area (Å²) in [5.41, 5.74) is 0.403. The van der Waals surface area contributed by atoms with E-state index in [2.05, 4.69) is 17.1 Å². The number of hydrogen-bond donors (Lipinski definition) is 1. The third-order valence-corrected chi connectivity index (χ3v) is 3.87. The maximum atomic E-state index is 12.2. The summed E-state index contributed by atoms with van der Waals surface area (Å²) in [6, 6.07) is 5.91. The second-order valence-corrected chi connectivity index (χ2v) is 5.18. The van der Waals surface area contributed by atoms with Gasteiger partial charge in [0.1, 0.15) is 0 Å². The van der Waals surface area contributed by atoms with Crippen LogP contribution in [0.5, 0.6) is 0 Å². The number of likely N-dealkylation sites (N-methyl/N-ethyl adjacent to an activating group) is 2. The summed E-state index contributed by atoms with van der Waals surface area (Å²) in [6.45, 7) is 4.95. The molecule has 1 N–H and O–H groups in total. The lowest BCUT2D eigenvalue weighted by Gasteiger charge is -2.25. The lowest BCUT2D eigenvalue weighted by Crippen LogP contribution is -2.41. The topological polar surface area (TPSA) is 78.7 Å². The molecule has 2 rings (SSSR count). The molecule has 1 aliphatic rings. The van der Waals surface area contributed by atoms with Crippen molar-refractivity contribution >= 4 is 17.4 Å². The van der Waals surface area contributed by atoms with Crippen LogP contribution in [0.15, 0.2) is 24.3 Å². The molecule has 1 unspecified atom stereocenters. The first-order chi connectivity index (χ1) is 10.0. The fraction of sp³-hybridized carbons (Fsp3) is 0.500. The van der Waals surface area contributed by atoms with Gasteiger partial charge in [-0.1, -0.05) is 13.0 Å². The lowest BCUT2D eigenvalue weighted by atomic mass is 10.2. The number of benzene rings is 1. The lowest BCUT2D eigenvalue weighted by molar-refractivity contribution is -0.384. The highest BCUT2D eigenvalue weighted by Crippen LogP contribution is 2.19. The minimum Gasteiger partial charge on any atom is -0.323 e. The Labute approximate surface area is 123 Å². The molecule has 1 fully saturated rings. The summed E-state index contributed by atoms with van der Waals surface area (Å²) in [5, 5.41) is 13.4. The number of nitrogens with zero attached hydrogens (tertiary/aromatic N) is 3. The molecule has 7 nitrogen and oxygen atoms in total. The molecule has 0 saturated carbocycles. The Balaban J connectivity index is 1.98. The van der Waals surface area contributed by atoms with Crippen LogP contribution in [-0.2, 0) is 0 Å². The number of non-ortho nitro benzene ring substituents is 1. The first-order valence-corrected chi connectivity index (χ1v) is 7.02. The summed E-state index contributed by atoms with van der Waals surface area (Å²) in [6.07, 6.45) is 0.951. The van der Waals surface area contributed by atoms with Gasteiger partial charge in [0.05, 0.1) is 4.92 Å². The van der Waals surface area contributed by atoms with Gasteiger partial charge in [-0.3, -0.25) is 10.1 Å². The molecule has 0 spiro atoms.